The van der Waals surface area contributed by atoms with Gasteiger partial charge in [0.25, 0.3) is 0 Å². The van der Waals surface area contributed by atoms with Crippen LogP contribution in [0.4, 0.5) is 5.69 Å². The average Bonchev–Trinajstić information content (AvgIpc) is 3.00. The number of nitrogens with zero attached hydrogens (tertiary/aromatic N) is 2. The van der Waals surface area contributed by atoms with Gasteiger partial charge in [-0.15, -0.1) is 0 Å². The minimum Gasteiger partial charge on any atom is -0.338 e. The summed E-state index contributed by atoms with van der Waals surface area (Å²) in [5.41, 5.74) is 0.753. The quantitative estimate of drug-likeness (QED) is 0.735. The lowest BCUT2D eigenvalue weighted by atomic mass is 9.87. The number of rotatable bonds is 4. The van der Waals surface area contributed by atoms with Gasteiger partial charge >= 0.3 is 0 Å². The number of anilines is 1. The molecule has 0 saturated carbocycles. The number of aryl methyl sites for hydroxylation is 1. The standard InChI is InChI=1S/C20H28N2O4S/c1-4-21(16-11-13-27(25,26)14-16)18(23)20(2,3)19(24)22-12-7-9-15-8-5-6-10-17(15)22/h5-6,8,10,16H,4,7,9,11-14H2,1-3H3. The lowest BCUT2D eigenvalue weighted by Crippen LogP contribution is -2.54. The van der Waals surface area contributed by atoms with Gasteiger partial charge in [0, 0.05) is 24.8 Å². The number of amides is 2. The molecule has 0 radical (unpaired) electrons. The molecule has 27 heavy (non-hydrogen) atoms. The Labute approximate surface area is 161 Å². The molecule has 6 nitrogen and oxygen atoms in total. The highest BCUT2D eigenvalue weighted by Gasteiger charge is 2.45. The van der Waals surface area contributed by atoms with E-state index >= 15 is 0 Å². The summed E-state index contributed by atoms with van der Waals surface area (Å²) in [6.07, 6.45) is 2.24. The Morgan fingerprint density at radius 2 is 1.96 bits per heavy atom. The Hall–Kier alpha value is -1.89. The van der Waals surface area contributed by atoms with E-state index in [2.05, 4.69) is 0 Å². The van der Waals surface area contributed by atoms with Crippen LogP contribution < -0.4 is 4.90 Å². The van der Waals surface area contributed by atoms with Gasteiger partial charge in [0.2, 0.25) is 11.8 Å². The van der Waals surface area contributed by atoms with Crippen molar-refractivity contribution in [2.45, 2.75) is 46.1 Å². The largest absolute Gasteiger partial charge is 0.338 e. The van der Waals surface area contributed by atoms with Gasteiger partial charge in [-0.05, 0) is 51.7 Å². The third-order valence-corrected chi connectivity index (χ3v) is 7.43. The molecule has 2 aliphatic rings. The van der Waals surface area contributed by atoms with Gasteiger partial charge in [0.15, 0.2) is 9.84 Å². The highest BCUT2D eigenvalue weighted by atomic mass is 32.2. The van der Waals surface area contributed by atoms with Gasteiger partial charge in [-0.2, -0.15) is 0 Å². The van der Waals surface area contributed by atoms with Crippen molar-refractivity contribution < 1.29 is 18.0 Å². The van der Waals surface area contributed by atoms with Crippen molar-refractivity contribution in [1.82, 2.24) is 4.90 Å². The van der Waals surface area contributed by atoms with E-state index in [1.165, 1.54) is 0 Å². The van der Waals surface area contributed by atoms with Gasteiger partial charge in [-0.1, -0.05) is 18.2 Å². The van der Waals surface area contributed by atoms with Crippen LogP contribution in [-0.4, -0.2) is 55.8 Å². The number of sulfone groups is 1. The van der Waals surface area contributed by atoms with Gasteiger partial charge in [-0.3, -0.25) is 9.59 Å². The summed E-state index contributed by atoms with van der Waals surface area (Å²) in [6, 6.07) is 7.47. The fraction of sp³-hybridized carbons (Fsp3) is 0.600. The number of hydrogen-bond acceptors (Lipinski definition) is 4. The molecule has 3 rings (SSSR count). The Bertz CT molecular complexity index is 847. The minimum atomic E-state index is -3.10. The highest BCUT2D eigenvalue weighted by Crippen LogP contribution is 2.33. The molecule has 1 saturated heterocycles. The van der Waals surface area contributed by atoms with E-state index < -0.39 is 15.3 Å². The number of fused-ring (bicyclic) bond motifs is 1. The molecule has 0 N–H and O–H groups in total. The molecule has 2 heterocycles. The van der Waals surface area contributed by atoms with Gasteiger partial charge in [0.1, 0.15) is 5.41 Å². The molecule has 2 amide bonds. The lowest BCUT2D eigenvalue weighted by Gasteiger charge is -2.38. The van der Waals surface area contributed by atoms with Gasteiger partial charge < -0.3 is 9.80 Å². The Kier molecular flexibility index (Phi) is 5.34. The second-order valence-corrected chi connectivity index (χ2v) is 10.2. The second-order valence-electron chi connectivity index (χ2n) is 7.96. The molecule has 2 aliphatic heterocycles. The van der Waals surface area contributed by atoms with E-state index in [9.17, 15) is 18.0 Å². The highest BCUT2D eigenvalue weighted by molar-refractivity contribution is 7.91. The maximum Gasteiger partial charge on any atom is 0.242 e. The predicted octanol–water partition coefficient (Wildman–Crippen LogP) is 2.03. The summed E-state index contributed by atoms with van der Waals surface area (Å²) in [7, 11) is -3.10. The first kappa shape index (κ1) is 19.9. The van der Waals surface area contributed by atoms with Crippen molar-refractivity contribution in [3.05, 3.63) is 29.8 Å². The van der Waals surface area contributed by atoms with E-state index in [0.717, 1.165) is 24.1 Å². The number of carbonyl (C=O) groups is 2. The average molecular weight is 393 g/mol. The van der Waals surface area contributed by atoms with E-state index in [0.29, 0.717) is 19.5 Å². The SMILES string of the molecule is CCN(C(=O)C(C)(C)C(=O)N1CCCc2ccccc21)C1CCS(=O)(=O)C1. The molecule has 148 valence electrons. The fourth-order valence-corrected chi connectivity index (χ4v) is 5.85. The number of benzene rings is 1. The van der Waals surface area contributed by atoms with Gasteiger partial charge in [0.05, 0.1) is 11.5 Å². The van der Waals surface area contributed by atoms with Crippen LogP contribution in [0.1, 0.15) is 39.2 Å². The molecule has 1 aromatic carbocycles. The zero-order valence-corrected chi connectivity index (χ0v) is 17.1. The zero-order chi connectivity index (χ0) is 19.8. The van der Waals surface area contributed by atoms with Crippen molar-refractivity contribution >= 4 is 27.3 Å². The van der Waals surface area contributed by atoms with E-state index in [1.54, 1.807) is 23.6 Å². The maximum absolute atomic E-state index is 13.3. The van der Waals surface area contributed by atoms with Crippen LogP contribution in [0.3, 0.4) is 0 Å². The molecule has 0 aliphatic carbocycles. The first-order valence-electron chi connectivity index (χ1n) is 9.58. The number of hydrogen-bond donors (Lipinski definition) is 0. The van der Waals surface area contributed by atoms with Crippen LogP contribution in [0.25, 0.3) is 0 Å². The van der Waals surface area contributed by atoms with Crippen LogP contribution in [-0.2, 0) is 25.8 Å². The summed E-state index contributed by atoms with van der Waals surface area (Å²) in [4.78, 5) is 29.9. The molecular formula is C20H28N2O4S. The molecule has 1 atom stereocenters. The van der Waals surface area contributed by atoms with Gasteiger partial charge in [-0.25, -0.2) is 8.42 Å². The van der Waals surface area contributed by atoms with E-state index in [1.807, 2.05) is 31.2 Å². The van der Waals surface area contributed by atoms with Crippen LogP contribution in [0.5, 0.6) is 0 Å². The van der Waals surface area contributed by atoms with Crippen LogP contribution >= 0.6 is 0 Å². The molecule has 0 aromatic heterocycles. The Balaban J connectivity index is 1.84. The monoisotopic (exact) mass is 392 g/mol. The molecule has 0 bridgehead atoms. The summed E-state index contributed by atoms with van der Waals surface area (Å²) >= 11 is 0. The summed E-state index contributed by atoms with van der Waals surface area (Å²) in [5.74, 6) is -0.419. The van der Waals surface area contributed by atoms with E-state index in [4.69, 9.17) is 0 Å². The normalized spacial score (nSPS) is 21.6. The topological polar surface area (TPSA) is 74.8 Å². The summed E-state index contributed by atoms with van der Waals surface area (Å²) in [6.45, 7) is 6.13. The smallest absolute Gasteiger partial charge is 0.242 e. The van der Waals surface area contributed by atoms with Crippen molar-refractivity contribution in [2.24, 2.45) is 5.41 Å². The molecule has 1 fully saturated rings. The molecule has 1 unspecified atom stereocenters. The van der Waals surface area contributed by atoms with Crippen molar-refractivity contribution in [2.75, 3.05) is 29.5 Å². The summed E-state index contributed by atoms with van der Waals surface area (Å²) in [5, 5.41) is 0. The number of para-hydroxylation sites is 1. The first-order valence-corrected chi connectivity index (χ1v) is 11.4. The van der Waals surface area contributed by atoms with Crippen LogP contribution in [0, 0.1) is 5.41 Å². The maximum atomic E-state index is 13.3. The lowest BCUT2D eigenvalue weighted by molar-refractivity contribution is -0.148. The Morgan fingerprint density at radius 1 is 1.26 bits per heavy atom. The zero-order valence-electron chi connectivity index (χ0n) is 16.3. The minimum absolute atomic E-state index is 0.0105. The Morgan fingerprint density at radius 3 is 2.59 bits per heavy atom. The second kappa shape index (κ2) is 7.26. The number of carbonyl (C=O) groups excluding carboxylic acids is 2. The molecule has 7 heteroatoms. The fourth-order valence-electron chi connectivity index (χ4n) is 4.12. The third-order valence-electron chi connectivity index (χ3n) is 5.68. The van der Waals surface area contributed by atoms with Crippen molar-refractivity contribution in [3.63, 3.8) is 0 Å². The van der Waals surface area contributed by atoms with Crippen LogP contribution in [0.15, 0.2) is 24.3 Å². The first-order chi connectivity index (χ1) is 12.7. The predicted molar refractivity (Wildman–Crippen MR) is 105 cm³/mol. The molecule has 1 aromatic rings. The third kappa shape index (κ3) is 3.74. The summed E-state index contributed by atoms with van der Waals surface area (Å²) < 4.78 is 23.7. The molecular weight excluding hydrogens is 364 g/mol. The van der Waals surface area contributed by atoms with Crippen molar-refractivity contribution in [1.29, 1.82) is 0 Å². The van der Waals surface area contributed by atoms with Crippen LogP contribution in [0.2, 0.25) is 0 Å². The molecule has 0 spiro atoms. The van der Waals surface area contributed by atoms with Crippen molar-refractivity contribution in [3.8, 4) is 0 Å². The van der Waals surface area contributed by atoms with E-state index in [-0.39, 0.29) is 29.4 Å².